The Morgan fingerprint density at radius 3 is 2.15 bits per heavy atom. The molecule has 1 atom stereocenters. The van der Waals surface area contributed by atoms with Gasteiger partial charge in [-0.3, -0.25) is 13.9 Å². The van der Waals surface area contributed by atoms with Gasteiger partial charge in [0, 0.05) is 23.5 Å². The van der Waals surface area contributed by atoms with Gasteiger partial charge in [-0.05, 0) is 87.7 Å². The van der Waals surface area contributed by atoms with E-state index in [0.717, 1.165) is 21.0 Å². The number of benzene rings is 4. The summed E-state index contributed by atoms with van der Waals surface area (Å²) in [6.07, 6.45) is 0.208. The molecule has 0 radical (unpaired) electrons. The van der Waals surface area contributed by atoms with Crippen LogP contribution in [0.2, 0.25) is 5.02 Å². The molecule has 4 aromatic carbocycles. The second kappa shape index (κ2) is 15.0. The van der Waals surface area contributed by atoms with Crippen molar-refractivity contribution < 1.29 is 22.7 Å². The number of anilines is 1. The van der Waals surface area contributed by atoms with Crippen molar-refractivity contribution in [2.75, 3.05) is 18.0 Å². The first-order valence-corrected chi connectivity index (χ1v) is 17.1. The van der Waals surface area contributed by atoms with Gasteiger partial charge >= 0.3 is 0 Å². The molecule has 4 aromatic rings. The van der Waals surface area contributed by atoms with Crippen molar-refractivity contribution in [3.8, 4) is 5.75 Å². The number of carbonyl (C=O) groups is 2. The maximum Gasteiger partial charge on any atom is 0.264 e. The molecular weight excluding hydrogens is 634 g/mol. The van der Waals surface area contributed by atoms with E-state index in [9.17, 15) is 18.0 Å². The molecule has 4 rings (SSSR count). The number of ether oxygens (including phenoxy) is 1. The summed E-state index contributed by atoms with van der Waals surface area (Å²) in [5.41, 5.74) is 2.86. The average molecular weight is 676 g/mol. The van der Waals surface area contributed by atoms with Gasteiger partial charge in [0.2, 0.25) is 11.8 Å². The normalized spacial score (nSPS) is 12.2. The molecule has 0 aliphatic heterocycles. The first kappa shape index (κ1) is 35.5. The average Bonchev–Trinajstić information content (AvgIpc) is 3.02. The molecule has 10 heteroatoms. The fourth-order valence-corrected chi connectivity index (χ4v) is 6.66. The van der Waals surface area contributed by atoms with E-state index in [0.29, 0.717) is 16.3 Å². The minimum absolute atomic E-state index is 0.0260. The van der Waals surface area contributed by atoms with Crippen molar-refractivity contribution in [3.05, 3.63) is 124 Å². The topological polar surface area (TPSA) is 96.0 Å². The highest BCUT2D eigenvalue weighted by atomic mass is 35.5. The number of methoxy groups -OCH3 is 1. The number of nitrogens with one attached hydrogen (secondary N) is 1. The molecule has 248 valence electrons. The fourth-order valence-electron chi connectivity index (χ4n) is 5.08. The number of hydrogen-bond donors (Lipinski definition) is 1. The van der Waals surface area contributed by atoms with Crippen LogP contribution in [0.3, 0.4) is 0 Å². The number of halogens is 1. The van der Waals surface area contributed by atoms with Crippen LogP contribution in [0.15, 0.2) is 102 Å². The number of rotatable bonds is 12. The molecule has 0 saturated heterocycles. The van der Waals surface area contributed by atoms with Crippen molar-refractivity contribution in [2.45, 2.75) is 64.1 Å². The lowest BCUT2D eigenvalue weighted by atomic mass is 10.0. The van der Waals surface area contributed by atoms with Crippen LogP contribution in [0.25, 0.3) is 0 Å². The Kier molecular flexibility index (Phi) is 11.4. The molecule has 0 heterocycles. The van der Waals surface area contributed by atoms with Gasteiger partial charge < -0.3 is 15.0 Å². The highest BCUT2D eigenvalue weighted by Crippen LogP contribution is 2.29. The summed E-state index contributed by atoms with van der Waals surface area (Å²) in [7, 11) is -2.69. The van der Waals surface area contributed by atoms with Gasteiger partial charge in [0.1, 0.15) is 18.3 Å². The Bertz CT molecular complexity index is 1810. The van der Waals surface area contributed by atoms with Crippen LogP contribution in [0.4, 0.5) is 5.69 Å². The quantitative estimate of drug-likeness (QED) is 0.180. The molecular formula is C37H42ClN3O5S. The number of nitrogens with zero attached hydrogens (tertiary/aromatic N) is 2. The Labute approximate surface area is 283 Å². The Morgan fingerprint density at radius 2 is 1.53 bits per heavy atom. The molecule has 1 N–H and O–H groups in total. The summed E-state index contributed by atoms with van der Waals surface area (Å²) in [5.74, 6) is -0.333. The monoisotopic (exact) mass is 675 g/mol. The van der Waals surface area contributed by atoms with Crippen molar-refractivity contribution >= 4 is 39.1 Å². The van der Waals surface area contributed by atoms with Crippen molar-refractivity contribution in [2.24, 2.45) is 0 Å². The molecule has 0 aliphatic rings. The second-order valence-electron chi connectivity index (χ2n) is 12.6. The number of carbonyl (C=O) groups excluding carboxylic acids is 2. The summed E-state index contributed by atoms with van der Waals surface area (Å²) in [6.45, 7) is 8.74. The Morgan fingerprint density at radius 1 is 0.872 bits per heavy atom. The zero-order valence-corrected chi connectivity index (χ0v) is 29.2. The van der Waals surface area contributed by atoms with Gasteiger partial charge in [0.05, 0.1) is 17.7 Å². The van der Waals surface area contributed by atoms with E-state index in [1.807, 2.05) is 71.0 Å². The summed E-state index contributed by atoms with van der Waals surface area (Å²) in [6, 6.07) is 27.0. The molecule has 0 saturated carbocycles. The lowest BCUT2D eigenvalue weighted by Gasteiger charge is -2.35. The van der Waals surface area contributed by atoms with Crippen molar-refractivity contribution in [1.29, 1.82) is 0 Å². The van der Waals surface area contributed by atoms with E-state index < -0.39 is 34.1 Å². The smallest absolute Gasteiger partial charge is 0.264 e. The van der Waals surface area contributed by atoms with Crippen LogP contribution in [0.1, 0.15) is 43.0 Å². The molecule has 0 bridgehead atoms. The van der Waals surface area contributed by atoms with Crippen LogP contribution >= 0.6 is 11.6 Å². The van der Waals surface area contributed by atoms with Gasteiger partial charge in [-0.1, -0.05) is 77.8 Å². The van der Waals surface area contributed by atoms with Gasteiger partial charge in [-0.2, -0.15) is 0 Å². The number of hydrogen-bond acceptors (Lipinski definition) is 5. The molecule has 0 fully saturated rings. The standard InChI is InChI=1S/C37H42ClN3O5S/c1-26-15-19-32(20-16-26)47(44,45)41(30-18-17-27(2)33(38)23-30)25-35(42)40(24-29-13-10-14-31(21-29)46-6)34(36(43)39-37(3,4)5)22-28-11-8-7-9-12-28/h7-21,23,34H,22,24-25H2,1-6H3,(H,39,43)/t34-/m1/s1. The van der Waals surface area contributed by atoms with Crippen LogP contribution < -0.4 is 14.4 Å². The van der Waals surface area contributed by atoms with E-state index in [1.165, 1.54) is 23.1 Å². The molecule has 0 spiro atoms. The third-order valence-electron chi connectivity index (χ3n) is 7.59. The maximum absolute atomic E-state index is 14.6. The summed E-state index contributed by atoms with van der Waals surface area (Å²) >= 11 is 6.47. The van der Waals surface area contributed by atoms with Gasteiger partial charge in [-0.25, -0.2) is 8.42 Å². The Hall–Kier alpha value is -4.34. The SMILES string of the molecule is COc1cccc(CN(C(=O)CN(c2ccc(C)c(Cl)c2)S(=O)(=O)c2ccc(C)cc2)[C@H](Cc2ccccc2)C(=O)NC(C)(C)C)c1. The van der Waals surface area contributed by atoms with E-state index in [1.54, 1.807) is 49.6 Å². The molecule has 8 nitrogen and oxygen atoms in total. The van der Waals surface area contributed by atoms with Crippen LogP contribution in [0, 0.1) is 13.8 Å². The number of sulfonamides is 1. The number of aryl methyl sites for hydroxylation is 2. The molecule has 47 heavy (non-hydrogen) atoms. The lowest BCUT2D eigenvalue weighted by Crippen LogP contribution is -2.56. The third-order valence-corrected chi connectivity index (χ3v) is 9.78. The van der Waals surface area contributed by atoms with Crippen LogP contribution in [0.5, 0.6) is 5.75 Å². The van der Waals surface area contributed by atoms with Crippen molar-refractivity contribution in [3.63, 3.8) is 0 Å². The lowest BCUT2D eigenvalue weighted by molar-refractivity contribution is -0.140. The van der Waals surface area contributed by atoms with Gasteiger partial charge in [0.15, 0.2) is 0 Å². The molecule has 0 unspecified atom stereocenters. The largest absolute Gasteiger partial charge is 0.497 e. The first-order valence-electron chi connectivity index (χ1n) is 15.3. The maximum atomic E-state index is 14.6. The van der Waals surface area contributed by atoms with Crippen LogP contribution in [-0.4, -0.2) is 50.4 Å². The predicted octanol–water partition coefficient (Wildman–Crippen LogP) is 6.72. The zero-order valence-electron chi connectivity index (χ0n) is 27.7. The number of amides is 2. The first-order chi connectivity index (χ1) is 22.2. The molecule has 0 aliphatic carbocycles. The minimum atomic E-state index is -4.24. The van der Waals surface area contributed by atoms with Gasteiger partial charge in [-0.15, -0.1) is 0 Å². The highest BCUT2D eigenvalue weighted by Gasteiger charge is 2.35. The molecule has 2 amide bonds. The van der Waals surface area contributed by atoms with E-state index >= 15 is 0 Å². The summed E-state index contributed by atoms with van der Waals surface area (Å²) in [5, 5.41) is 3.40. The fraction of sp³-hybridized carbons (Fsp3) is 0.297. The van der Waals surface area contributed by atoms with Crippen molar-refractivity contribution in [1.82, 2.24) is 10.2 Å². The minimum Gasteiger partial charge on any atom is -0.497 e. The Balaban J connectivity index is 1.84. The van der Waals surface area contributed by atoms with Gasteiger partial charge in [0.25, 0.3) is 10.0 Å². The summed E-state index contributed by atoms with van der Waals surface area (Å²) in [4.78, 5) is 30.2. The second-order valence-corrected chi connectivity index (χ2v) is 14.8. The van der Waals surface area contributed by atoms with E-state index in [4.69, 9.17) is 16.3 Å². The van der Waals surface area contributed by atoms with Crippen LogP contribution in [-0.2, 0) is 32.6 Å². The molecule has 0 aromatic heterocycles. The van der Waals surface area contributed by atoms with E-state index in [2.05, 4.69) is 5.32 Å². The zero-order chi connectivity index (χ0) is 34.4. The highest BCUT2D eigenvalue weighted by molar-refractivity contribution is 7.92. The van der Waals surface area contributed by atoms with E-state index in [-0.39, 0.29) is 29.5 Å². The third kappa shape index (κ3) is 9.36. The summed E-state index contributed by atoms with van der Waals surface area (Å²) < 4.78 is 35.0. The predicted molar refractivity (Wildman–Crippen MR) is 187 cm³/mol.